The SMILES string of the molecule is Cc1csc(NC(=O)C2CCC(n3cnc4c(N)nc(-c5cccc(C(=O)Nc6ccc(CN7CCC(N(C)C)CC7)cc6)c5)nc43)CC2)n1. The van der Waals surface area contributed by atoms with Crippen molar-refractivity contribution in [2.45, 2.75) is 64.1 Å². The van der Waals surface area contributed by atoms with Gasteiger partial charge in [0.05, 0.1) is 12.0 Å². The van der Waals surface area contributed by atoms with Crippen LogP contribution in [0.4, 0.5) is 16.6 Å². The van der Waals surface area contributed by atoms with Crippen LogP contribution in [0.5, 0.6) is 0 Å². The molecule has 2 aromatic carbocycles. The molecular weight excluding hydrogens is 649 g/mol. The van der Waals surface area contributed by atoms with Crippen molar-refractivity contribution < 1.29 is 9.59 Å². The number of hydrogen-bond donors (Lipinski definition) is 3. The fraction of sp³-hybridized carbons (Fsp3) is 0.405. The number of anilines is 3. The third-order valence-corrected chi connectivity index (χ3v) is 10.9. The Bertz CT molecular complexity index is 1970. The molecular formula is C37H44N10O2S. The summed E-state index contributed by atoms with van der Waals surface area (Å²) in [4.78, 5) is 49.4. The number of rotatable bonds is 9. The number of nitrogens with two attached hydrogens (primary N) is 1. The van der Waals surface area contributed by atoms with Crippen LogP contribution in [0.25, 0.3) is 22.6 Å². The van der Waals surface area contributed by atoms with Gasteiger partial charge in [-0.15, -0.1) is 11.3 Å². The van der Waals surface area contributed by atoms with Gasteiger partial charge in [0.15, 0.2) is 22.4 Å². The van der Waals surface area contributed by atoms with Gasteiger partial charge in [0.2, 0.25) is 5.91 Å². The summed E-state index contributed by atoms with van der Waals surface area (Å²) in [6, 6.07) is 16.2. The second-order valence-corrected chi connectivity index (χ2v) is 14.6. The van der Waals surface area contributed by atoms with Gasteiger partial charge in [-0.3, -0.25) is 14.5 Å². The van der Waals surface area contributed by atoms with Gasteiger partial charge < -0.3 is 25.8 Å². The second kappa shape index (κ2) is 14.6. The molecule has 0 radical (unpaired) electrons. The van der Waals surface area contributed by atoms with Gasteiger partial charge in [0, 0.05) is 46.7 Å². The first kappa shape index (κ1) is 33.8. The Balaban J connectivity index is 0.995. The number of hydrogen-bond acceptors (Lipinski definition) is 10. The van der Waals surface area contributed by atoms with Gasteiger partial charge in [0.25, 0.3) is 5.91 Å². The van der Waals surface area contributed by atoms with Gasteiger partial charge in [0.1, 0.15) is 5.52 Å². The average Bonchev–Trinajstić information content (AvgIpc) is 3.75. The molecule has 260 valence electrons. The van der Waals surface area contributed by atoms with E-state index in [-0.39, 0.29) is 29.6 Å². The summed E-state index contributed by atoms with van der Waals surface area (Å²) in [7, 11) is 4.32. The molecule has 1 aliphatic carbocycles. The molecule has 13 heteroatoms. The number of nitrogen functional groups attached to an aromatic ring is 1. The summed E-state index contributed by atoms with van der Waals surface area (Å²) >= 11 is 1.44. The van der Waals surface area contributed by atoms with E-state index in [0.717, 1.165) is 56.7 Å². The highest BCUT2D eigenvalue weighted by molar-refractivity contribution is 7.13. The van der Waals surface area contributed by atoms with Crippen molar-refractivity contribution in [3.8, 4) is 11.4 Å². The summed E-state index contributed by atoms with van der Waals surface area (Å²) in [6.07, 6.45) is 7.27. The zero-order valence-electron chi connectivity index (χ0n) is 28.8. The minimum absolute atomic E-state index is 0.0227. The van der Waals surface area contributed by atoms with Crippen molar-refractivity contribution in [1.82, 2.24) is 34.3 Å². The van der Waals surface area contributed by atoms with Crippen LogP contribution in [-0.2, 0) is 11.3 Å². The Labute approximate surface area is 296 Å². The van der Waals surface area contributed by atoms with Crippen molar-refractivity contribution in [3.05, 3.63) is 77.1 Å². The summed E-state index contributed by atoms with van der Waals surface area (Å²) in [5, 5.41) is 8.58. The fourth-order valence-corrected chi connectivity index (χ4v) is 7.81. The lowest BCUT2D eigenvalue weighted by Crippen LogP contribution is -2.41. The normalized spacial score (nSPS) is 18.8. The minimum atomic E-state index is -0.213. The highest BCUT2D eigenvalue weighted by Gasteiger charge is 2.29. The van der Waals surface area contributed by atoms with E-state index < -0.39 is 0 Å². The number of imidazole rings is 1. The summed E-state index contributed by atoms with van der Waals surface area (Å²) < 4.78 is 2.06. The molecule has 0 unspecified atom stereocenters. The van der Waals surface area contributed by atoms with Crippen molar-refractivity contribution >= 4 is 51.0 Å². The smallest absolute Gasteiger partial charge is 0.255 e. The third-order valence-electron chi connectivity index (χ3n) is 10.0. The molecule has 0 spiro atoms. The molecule has 0 atom stereocenters. The first-order valence-corrected chi connectivity index (χ1v) is 18.2. The number of thiazole rings is 1. The maximum atomic E-state index is 13.3. The van der Waals surface area contributed by atoms with Crippen LogP contribution >= 0.6 is 11.3 Å². The maximum Gasteiger partial charge on any atom is 0.255 e. The van der Waals surface area contributed by atoms with E-state index >= 15 is 0 Å². The van der Waals surface area contributed by atoms with Crippen LogP contribution in [0.3, 0.4) is 0 Å². The number of benzene rings is 2. The Morgan fingerprint density at radius 2 is 1.72 bits per heavy atom. The molecule has 1 saturated heterocycles. The van der Waals surface area contributed by atoms with Crippen molar-refractivity contribution in [2.24, 2.45) is 5.92 Å². The van der Waals surface area contributed by atoms with E-state index in [1.54, 1.807) is 18.5 Å². The topological polar surface area (TPSA) is 147 Å². The lowest BCUT2D eigenvalue weighted by molar-refractivity contribution is -0.121. The highest BCUT2D eigenvalue weighted by atomic mass is 32.1. The molecule has 5 aromatic rings. The Hall–Kier alpha value is -4.72. The van der Waals surface area contributed by atoms with Crippen molar-refractivity contribution in [1.29, 1.82) is 0 Å². The van der Waals surface area contributed by atoms with E-state index in [1.807, 2.05) is 36.6 Å². The lowest BCUT2D eigenvalue weighted by Gasteiger charge is -2.35. The number of aromatic nitrogens is 5. The number of carbonyl (C=O) groups is 2. The standard InChI is InChI=1S/C37H44N10O2S/c1-23-21-50-37(40-23)44-35(48)25-9-13-30(14-10-25)47-22-39-31-32(38)42-33(43-34(31)47)26-5-4-6-27(19-26)36(49)41-28-11-7-24(8-12-28)20-46-17-15-29(16-18-46)45(2)3/h4-8,11-12,19,21-22,25,29-30H,9-10,13-18,20H2,1-3H3,(H,41,49)(H2,38,42,43)(H,40,44,48). The van der Waals surface area contributed by atoms with E-state index in [1.165, 1.54) is 29.7 Å². The van der Waals surface area contributed by atoms with Crippen LogP contribution in [0.2, 0.25) is 0 Å². The number of likely N-dealkylation sites (tertiary alicyclic amines) is 1. The first-order valence-electron chi connectivity index (χ1n) is 17.3. The van der Waals surface area contributed by atoms with E-state index in [9.17, 15) is 9.59 Å². The van der Waals surface area contributed by atoms with Crippen LogP contribution < -0.4 is 16.4 Å². The largest absolute Gasteiger partial charge is 0.382 e. The molecule has 4 N–H and O–H groups in total. The van der Waals surface area contributed by atoms with Gasteiger partial charge in [-0.2, -0.15) is 0 Å². The molecule has 4 heterocycles. The highest BCUT2D eigenvalue weighted by Crippen LogP contribution is 2.35. The predicted octanol–water partition coefficient (Wildman–Crippen LogP) is 5.99. The average molecular weight is 693 g/mol. The Morgan fingerprint density at radius 3 is 2.42 bits per heavy atom. The van der Waals surface area contributed by atoms with Crippen LogP contribution in [0.1, 0.15) is 66.2 Å². The number of nitrogens with one attached hydrogen (secondary N) is 2. The quantitative estimate of drug-likeness (QED) is 0.170. The van der Waals surface area contributed by atoms with E-state index in [4.69, 9.17) is 10.7 Å². The molecule has 7 rings (SSSR count). The Morgan fingerprint density at radius 1 is 0.960 bits per heavy atom. The molecule has 3 aromatic heterocycles. The molecule has 2 amide bonds. The lowest BCUT2D eigenvalue weighted by atomic mass is 9.85. The molecule has 12 nitrogen and oxygen atoms in total. The third kappa shape index (κ3) is 7.54. The van der Waals surface area contributed by atoms with E-state index in [0.29, 0.717) is 39.3 Å². The Kier molecular flexibility index (Phi) is 9.88. The zero-order valence-corrected chi connectivity index (χ0v) is 29.6. The van der Waals surface area contributed by atoms with Gasteiger partial charge >= 0.3 is 0 Å². The molecule has 50 heavy (non-hydrogen) atoms. The summed E-state index contributed by atoms with van der Waals surface area (Å²) in [5.41, 5.74) is 11.6. The monoisotopic (exact) mass is 692 g/mol. The molecule has 1 aliphatic heterocycles. The van der Waals surface area contributed by atoms with Gasteiger partial charge in [-0.1, -0.05) is 24.3 Å². The zero-order chi connectivity index (χ0) is 34.8. The van der Waals surface area contributed by atoms with Crippen molar-refractivity contribution in [3.63, 3.8) is 0 Å². The first-order chi connectivity index (χ1) is 24.2. The predicted molar refractivity (Wildman–Crippen MR) is 198 cm³/mol. The number of amides is 2. The summed E-state index contributed by atoms with van der Waals surface area (Å²) in [5.74, 6) is 0.456. The number of piperidine rings is 1. The number of nitrogens with zero attached hydrogens (tertiary/aromatic N) is 7. The maximum absolute atomic E-state index is 13.3. The summed E-state index contributed by atoms with van der Waals surface area (Å²) in [6.45, 7) is 5.02. The number of aryl methyl sites for hydroxylation is 1. The van der Waals surface area contributed by atoms with Crippen molar-refractivity contribution in [2.75, 3.05) is 43.6 Å². The number of carbonyl (C=O) groups excluding carboxylic acids is 2. The van der Waals surface area contributed by atoms with Crippen LogP contribution in [-0.4, -0.2) is 79.3 Å². The molecule has 1 saturated carbocycles. The fourth-order valence-electron chi connectivity index (χ4n) is 7.12. The van der Waals surface area contributed by atoms with Gasteiger partial charge in [-0.05, 0) is 102 Å². The van der Waals surface area contributed by atoms with Crippen LogP contribution in [0.15, 0.2) is 60.2 Å². The minimum Gasteiger partial charge on any atom is -0.382 e. The second-order valence-electron chi connectivity index (χ2n) is 13.7. The molecule has 2 aliphatic rings. The number of fused-ring (bicyclic) bond motifs is 1. The molecule has 0 bridgehead atoms. The van der Waals surface area contributed by atoms with E-state index in [2.05, 4.69) is 66.2 Å². The molecule has 2 fully saturated rings. The van der Waals surface area contributed by atoms with Crippen LogP contribution in [0, 0.1) is 12.8 Å². The van der Waals surface area contributed by atoms with Gasteiger partial charge in [-0.25, -0.2) is 19.9 Å².